The summed E-state index contributed by atoms with van der Waals surface area (Å²) in [5.41, 5.74) is 0. The van der Waals surface area contributed by atoms with Crippen LogP contribution in [0.15, 0.2) is 12.4 Å². The number of carbonyl (C=O) groups excluding carboxylic acids is 1. The molecule has 0 saturated carbocycles. The van der Waals surface area contributed by atoms with E-state index >= 15 is 0 Å². The van der Waals surface area contributed by atoms with Crippen LogP contribution >= 0.6 is 0 Å². The molecule has 4 heteroatoms. The fourth-order valence-electron chi connectivity index (χ4n) is 1.43. The van der Waals surface area contributed by atoms with Crippen molar-refractivity contribution < 1.29 is 9.53 Å². The van der Waals surface area contributed by atoms with Crippen molar-refractivity contribution in [1.29, 1.82) is 0 Å². The Hall–Kier alpha value is -1.16. The molecule has 0 atom stereocenters. The minimum Gasteiger partial charge on any atom is -0.385 e. The Morgan fingerprint density at radius 3 is 2.93 bits per heavy atom. The van der Waals surface area contributed by atoms with Crippen LogP contribution < -0.4 is 0 Å². The topological polar surface area (TPSA) is 44.1 Å². The van der Waals surface area contributed by atoms with Crippen molar-refractivity contribution in [1.82, 2.24) is 9.55 Å². The molecule has 15 heavy (non-hydrogen) atoms. The van der Waals surface area contributed by atoms with Crippen molar-refractivity contribution in [3.63, 3.8) is 0 Å². The molecular weight excluding hydrogens is 192 g/mol. The zero-order valence-electron chi connectivity index (χ0n) is 9.40. The molecule has 0 fully saturated rings. The maximum absolute atomic E-state index is 11.4. The third kappa shape index (κ3) is 4.25. The molecular formula is C11H18N2O2. The van der Waals surface area contributed by atoms with E-state index in [9.17, 15) is 4.79 Å². The molecule has 0 unspecified atom stereocenters. The van der Waals surface area contributed by atoms with Crippen molar-refractivity contribution in [3.8, 4) is 0 Å². The van der Waals surface area contributed by atoms with Gasteiger partial charge in [-0.25, -0.2) is 4.98 Å². The lowest BCUT2D eigenvalue weighted by atomic mass is 10.1. The first-order chi connectivity index (χ1) is 7.24. The quantitative estimate of drug-likeness (QED) is 0.638. The first-order valence-electron chi connectivity index (χ1n) is 5.21. The molecule has 0 aliphatic rings. The molecule has 0 N–H and O–H groups in total. The van der Waals surface area contributed by atoms with Gasteiger partial charge in [-0.05, 0) is 6.42 Å². The molecule has 0 radical (unpaired) electrons. The van der Waals surface area contributed by atoms with Crippen LogP contribution in [0.25, 0.3) is 0 Å². The number of aryl methyl sites for hydroxylation is 2. The lowest BCUT2D eigenvalue weighted by Crippen LogP contribution is -2.05. The van der Waals surface area contributed by atoms with E-state index in [4.69, 9.17) is 4.74 Å². The van der Waals surface area contributed by atoms with Gasteiger partial charge in [0.1, 0.15) is 11.6 Å². The van der Waals surface area contributed by atoms with E-state index in [0.717, 1.165) is 18.7 Å². The molecule has 4 nitrogen and oxygen atoms in total. The Morgan fingerprint density at radius 1 is 1.53 bits per heavy atom. The number of rotatable bonds is 7. The summed E-state index contributed by atoms with van der Waals surface area (Å²) >= 11 is 0. The van der Waals surface area contributed by atoms with Gasteiger partial charge < -0.3 is 9.30 Å². The van der Waals surface area contributed by atoms with Crippen molar-refractivity contribution in [2.45, 2.75) is 25.7 Å². The van der Waals surface area contributed by atoms with E-state index in [1.165, 1.54) is 0 Å². The summed E-state index contributed by atoms with van der Waals surface area (Å²) in [5, 5.41) is 0. The highest BCUT2D eigenvalue weighted by Crippen LogP contribution is 2.02. The van der Waals surface area contributed by atoms with E-state index in [-0.39, 0.29) is 5.78 Å². The van der Waals surface area contributed by atoms with Crippen LogP contribution in [0, 0.1) is 0 Å². The lowest BCUT2D eigenvalue weighted by Gasteiger charge is -2.01. The summed E-state index contributed by atoms with van der Waals surface area (Å²) in [6, 6.07) is 0. The third-order valence-electron chi connectivity index (χ3n) is 2.35. The maximum Gasteiger partial charge on any atom is 0.133 e. The second-order valence-corrected chi connectivity index (χ2v) is 3.59. The summed E-state index contributed by atoms with van der Waals surface area (Å²) in [6.07, 6.45) is 6.38. The molecule has 0 aliphatic heterocycles. The highest BCUT2D eigenvalue weighted by Gasteiger charge is 2.05. The van der Waals surface area contributed by atoms with Gasteiger partial charge in [-0.2, -0.15) is 0 Å². The van der Waals surface area contributed by atoms with Gasteiger partial charge >= 0.3 is 0 Å². The van der Waals surface area contributed by atoms with Crippen LogP contribution in [0.5, 0.6) is 0 Å². The summed E-state index contributed by atoms with van der Waals surface area (Å²) < 4.78 is 6.84. The average Bonchev–Trinajstić information content (AvgIpc) is 2.61. The molecule has 0 saturated heterocycles. The number of hydrogen-bond acceptors (Lipinski definition) is 3. The van der Waals surface area contributed by atoms with Crippen LogP contribution in [0.1, 0.15) is 25.1 Å². The summed E-state index contributed by atoms with van der Waals surface area (Å²) in [6.45, 7) is 0.661. The molecule has 1 rings (SSSR count). The molecule has 1 heterocycles. The Morgan fingerprint density at radius 2 is 2.33 bits per heavy atom. The Kier molecular flexibility index (Phi) is 5.04. The van der Waals surface area contributed by atoms with Gasteiger partial charge in [-0.15, -0.1) is 0 Å². The number of ketones is 1. The summed E-state index contributed by atoms with van der Waals surface area (Å²) in [5.74, 6) is 1.25. The standard InChI is InChI=1S/C11H18N2O2/c1-13-8-7-12-11(13)6-5-10(14)4-3-9-15-2/h7-8H,3-6,9H2,1-2H3. The van der Waals surface area contributed by atoms with Crippen molar-refractivity contribution in [2.24, 2.45) is 7.05 Å². The molecule has 1 aromatic heterocycles. The van der Waals surface area contributed by atoms with Gasteiger partial charge in [0.05, 0.1) is 0 Å². The van der Waals surface area contributed by atoms with Gasteiger partial charge in [0.2, 0.25) is 0 Å². The zero-order valence-corrected chi connectivity index (χ0v) is 9.40. The first-order valence-corrected chi connectivity index (χ1v) is 5.21. The molecule has 0 amide bonds. The summed E-state index contributed by atoms with van der Waals surface area (Å²) in [7, 11) is 3.59. The van der Waals surface area contributed by atoms with Gasteiger partial charge in [0.15, 0.2) is 0 Å². The molecule has 0 bridgehead atoms. The van der Waals surface area contributed by atoms with E-state index in [1.807, 2.05) is 17.8 Å². The van der Waals surface area contributed by atoms with Crippen LogP contribution in [0.3, 0.4) is 0 Å². The van der Waals surface area contributed by atoms with Crippen LogP contribution in [0.2, 0.25) is 0 Å². The number of ether oxygens (including phenoxy) is 1. The number of nitrogens with zero attached hydrogens (tertiary/aromatic N) is 2. The smallest absolute Gasteiger partial charge is 0.133 e. The van der Waals surface area contributed by atoms with Crippen LogP contribution in [-0.2, 0) is 23.0 Å². The molecule has 0 aliphatic carbocycles. The minimum atomic E-state index is 0.287. The van der Waals surface area contributed by atoms with Crippen LogP contribution in [0.4, 0.5) is 0 Å². The Balaban J connectivity index is 2.20. The number of carbonyl (C=O) groups is 1. The van der Waals surface area contributed by atoms with Crippen molar-refractivity contribution in [2.75, 3.05) is 13.7 Å². The fourth-order valence-corrected chi connectivity index (χ4v) is 1.43. The highest BCUT2D eigenvalue weighted by atomic mass is 16.5. The van der Waals surface area contributed by atoms with E-state index in [2.05, 4.69) is 4.98 Å². The minimum absolute atomic E-state index is 0.287. The highest BCUT2D eigenvalue weighted by molar-refractivity contribution is 5.78. The summed E-state index contributed by atoms with van der Waals surface area (Å²) in [4.78, 5) is 15.6. The second kappa shape index (κ2) is 6.35. The number of methoxy groups -OCH3 is 1. The van der Waals surface area contributed by atoms with Gasteiger partial charge in [-0.1, -0.05) is 0 Å². The Bertz CT molecular complexity index is 307. The number of imidazole rings is 1. The molecule has 0 aromatic carbocycles. The number of hydrogen-bond donors (Lipinski definition) is 0. The van der Waals surface area contributed by atoms with E-state index in [1.54, 1.807) is 13.3 Å². The van der Waals surface area contributed by atoms with Gasteiger partial charge in [-0.3, -0.25) is 4.79 Å². The molecule has 0 spiro atoms. The third-order valence-corrected chi connectivity index (χ3v) is 2.35. The van der Waals surface area contributed by atoms with Gasteiger partial charge in [0, 0.05) is 52.4 Å². The molecule has 84 valence electrons. The maximum atomic E-state index is 11.4. The zero-order chi connectivity index (χ0) is 11.1. The SMILES string of the molecule is COCCCC(=O)CCc1nccn1C. The predicted octanol–water partition coefficient (Wildman–Crippen LogP) is 1.35. The number of Topliss-reactive ketones (excluding diaryl/α,β-unsaturated/α-hetero) is 1. The van der Waals surface area contributed by atoms with Crippen molar-refractivity contribution >= 4 is 5.78 Å². The van der Waals surface area contributed by atoms with Crippen LogP contribution in [-0.4, -0.2) is 29.1 Å². The van der Waals surface area contributed by atoms with E-state index in [0.29, 0.717) is 19.4 Å². The largest absolute Gasteiger partial charge is 0.385 e. The van der Waals surface area contributed by atoms with Crippen molar-refractivity contribution in [3.05, 3.63) is 18.2 Å². The molecule has 1 aromatic rings. The lowest BCUT2D eigenvalue weighted by molar-refractivity contribution is -0.119. The predicted molar refractivity (Wildman–Crippen MR) is 57.6 cm³/mol. The normalized spacial score (nSPS) is 10.5. The number of aromatic nitrogens is 2. The van der Waals surface area contributed by atoms with E-state index < -0.39 is 0 Å². The van der Waals surface area contributed by atoms with Gasteiger partial charge in [0.25, 0.3) is 0 Å². The first kappa shape index (κ1) is 11.9. The monoisotopic (exact) mass is 210 g/mol. The Labute approximate surface area is 90.3 Å². The second-order valence-electron chi connectivity index (χ2n) is 3.59. The average molecular weight is 210 g/mol. The fraction of sp³-hybridized carbons (Fsp3) is 0.636.